The zero-order chi connectivity index (χ0) is 10.7. The first-order valence-electron chi connectivity index (χ1n) is 5.54. The molecule has 0 aromatic heterocycles. The van der Waals surface area contributed by atoms with Crippen molar-refractivity contribution in [1.29, 1.82) is 0 Å². The number of fused-ring (bicyclic) bond motifs is 1. The summed E-state index contributed by atoms with van der Waals surface area (Å²) in [6.07, 6.45) is 2.35. The van der Waals surface area contributed by atoms with Crippen molar-refractivity contribution in [1.82, 2.24) is 0 Å². The summed E-state index contributed by atoms with van der Waals surface area (Å²) in [4.78, 5) is 0. The van der Waals surface area contributed by atoms with Crippen molar-refractivity contribution in [3.8, 4) is 0 Å². The van der Waals surface area contributed by atoms with E-state index in [0.29, 0.717) is 12.5 Å². The average Bonchev–Trinajstić information content (AvgIpc) is 2.59. The van der Waals surface area contributed by atoms with Crippen LogP contribution in [0.25, 0.3) is 0 Å². The molecular formula is C14H18O. The molecule has 0 atom stereocenters. The second-order valence-electron chi connectivity index (χ2n) is 4.52. The first-order valence-corrected chi connectivity index (χ1v) is 5.54. The van der Waals surface area contributed by atoms with Gasteiger partial charge in [0.15, 0.2) is 0 Å². The van der Waals surface area contributed by atoms with Crippen LogP contribution in [0.3, 0.4) is 0 Å². The van der Waals surface area contributed by atoms with E-state index in [9.17, 15) is 0 Å². The Labute approximate surface area is 91.8 Å². The molecule has 15 heavy (non-hydrogen) atoms. The van der Waals surface area contributed by atoms with Gasteiger partial charge in [-0.25, -0.2) is 0 Å². The van der Waals surface area contributed by atoms with Crippen molar-refractivity contribution < 1.29 is 4.74 Å². The molecule has 0 amide bonds. The highest BCUT2D eigenvalue weighted by molar-refractivity contribution is 5.32. The average molecular weight is 202 g/mol. The fourth-order valence-electron chi connectivity index (χ4n) is 2.17. The van der Waals surface area contributed by atoms with Gasteiger partial charge in [0, 0.05) is 0 Å². The van der Waals surface area contributed by atoms with Gasteiger partial charge in [0.2, 0.25) is 0 Å². The zero-order valence-electron chi connectivity index (χ0n) is 9.33. The summed E-state index contributed by atoms with van der Waals surface area (Å²) >= 11 is 0. The third-order valence-electron chi connectivity index (χ3n) is 2.84. The van der Waals surface area contributed by atoms with E-state index in [0.717, 1.165) is 12.2 Å². The number of hydrogen-bond acceptors (Lipinski definition) is 1. The van der Waals surface area contributed by atoms with Crippen LogP contribution < -0.4 is 0 Å². The van der Waals surface area contributed by atoms with Crippen LogP contribution in [0.5, 0.6) is 0 Å². The fourth-order valence-corrected chi connectivity index (χ4v) is 2.17. The minimum atomic E-state index is 0.668. The molecule has 0 bridgehead atoms. The Bertz CT molecular complexity index is 329. The summed E-state index contributed by atoms with van der Waals surface area (Å²) in [7, 11) is 0. The van der Waals surface area contributed by atoms with Crippen LogP contribution >= 0.6 is 0 Å². The molecule has 1 aliphatic carbocycles. The van der Waals surface area contributed by atoms with Crippen LogP contribution in [-0.4, -0.2) is 13.2 Å². The van der Waals surface area contributed by atoms with Gasteiger partial charge in [-0.1, -0.05) is 36.4 Å². The quantitative estimate of drug-likeness (QED) is 0.682. The van der Waals surface area contributed by atoms with Gasteiger partial charge in [-0.2, -0.15) is 0 Å². The number of rotatable bonds is 4. The summed E-state index contributed by atoms with van der Waals surface area (Å²) in [6.45, 7) is 7.40. The Kier molecular flexibility index (Phi) is 3.22. The lowest BCUT2D eigenvalue weighted by Gasteiger charge is -2.09. The van der Waals surface area contributed by atoms with Crippen LogP contribution in [0.2, 0.25) is 0 Å². The second kappa shape index (κ2) is 4.63. The Morgan fingerprint density at radius 3 is 2.47 bits per heavy atom. The van der Waals surface area contributed by atoms with E-state index in [-0.39, 0.29) is 0 Å². The van der Waals surface area contributed by atoms with Crippen LogP contribution in [0.1, 0.15) is 18.1 Å². The number of hydrogen-bond donors (Lipinski definition) is 0. The molecule has 1 aromatic rings. The SMILES string of the molecule is C=C(C)COCC1Cc2ccccc2C1. The van der Waals surface area contributed by atoms with Crippen molar-refractivity contribution >= 4 is 0 Å². The molecule has 0 N–H and O–H groups in total. The van der Waals surface area contributed by atoms with E-state index < -0.39 is 0 Å². The fraction of sp³-hybridized carbons (Fsp3) is 0.429. The van der Waals surface area contributed by atoms with E-state index in [2.05, 4.69) is 30.8 Å². The van der Waals surface area contributed by atoms with Gasteiger partial charge in [-0.15, -0.1) is 0 Å². The highest BCUT2D eigenvalue weighted by Crippen LogP contribution is 2.26. The molecule has 0 unspecified atom stereocenters. The third-order valence-corrected chi connectivity index (χ3v) is 2.84. The van der Waals surface area contributed by atoms with Gasteiger partial charge in [0.05, 0.1) is 13.2 Å². The number of ether oxygens (including phenoxy) is 1. The van der Waals surface area contributed by atoms with E-state index in [1.807, 2.05) is 6.92 Å². The van der Waals surface area contributed by atoms with Crippen LogP contribution in [-0.2, 0) is 17.6 Å². The Morgan fingerprint density at radius 2 is 1.93 bits per heavy atom. The maximum atomic E-state index is 5.61. The van der Waals surface area contributed by atoms with Gasteiger partial charge < -0.3 is 4.74 Å². The second-order valence-corrected chi connectivity index (χ2v) is 4.52. The van der Waals surface area contributed by atoms with E-state index in [1.165, 1.54) is 24.0 Å². The zero-order valence-corrected chi connectivity index (χ0v) is 9.33. The van der Waals surface area contributed by atoms with Gasteiger partial charge in [0.1, 0.15) is 0 Å². The first kappa shape index (κ1) is 10.4. The normalized spacial score (nSPS) is 15.3. The molecule has 1 heteroatoms. The maximum absolute atomic E-state index is 5.61. The third kappa shape index (κ3) is 2.69. The standard InChI is InChI=1S/C14H18O/c1-11(2)9-15-10-12-7-13-5-3-4-6-14(13)8-12/h3-6,12H,1,7-10H2,2H3. The predicted molar refractivity (Wildman–Crippen MR) is 63.0 cm³/mol. The molecule has 1 aliphatic rings. The van der Waals surface area contributed by atoms with E-state index >= 15 is 0 Å². The molecular weight excluding hydrogens is 184 g/mol. The van der Waals surface area contributed by atoms with Crippen molar-refractivity contribution in [3.05, 3.63) is 47.5 Å². The molecule has 1 aromatic carbocycles. The summed E-state index contributed by atoms with van der Waals surface area (Å²) in [6, 6.07) is 8.70. The summed E-state index contributed by atoms with van der Waals surface area (Å²) in [5.74, 6) is 0.668. The Balaban J connectivity index is 1.83. The van der Waals surface area contributed by atoms with Crippen LogP contribution in [0, 0.1) is 5.92 Å². The molecule has 0 radical (unpaired) electrons. The Hall–Kier alpha value is -1.08. The van der Waals surface area contributed by atoms with Crippen molar-refractivity contribution in [3.63, 3.8) is 0 Å². The highest BCUT2D eigenvalue weighted by Gasteiger charge is 2.20. The topological polar surface area (TPSA) is 9.23 Å². The van der Waals surface area contributed by atoms with Gasteiger partial charge >= 0.3 is 0 Å². The first-order chi connectivity index (χ1) is 7.25. The predicted octanol–water partition coefficient (Wildman–Crippen LogP) is 2.99. The van der Waals surface area contributed by atoms with E-state index in [4.69, 9.17) is 4.74 Å². The smallest absolute Gasteiger partial charge is 0.0671 e. The van der Waals surface area contributed by atoms with Crippen molar-refractivity contribution in [2.45, 2.75) is 19.8 Å². The van der Waals surface area contributed by atoms with Crippen LogP contribution in [0.4, 0.5) is 0 Å². The largest absolute Gasteiger partial charge is 0.377 e. The van der Waals surface area contributed by atoms with Crippen LogP contribution in [0.15, 0.2) is 36.4 Å². The molecule has 0 heterocycles. The van der Waals surface area contributed by atoms with Crippen molar-refractivity contribution in [2.75, 3.05) is 13.2 Å². The van der Waals surface area contributed by atoms with Gasteiger partial charge in [0.25, 0.3) is 0 Å². The maximum Gasteiger partial charge on any atom is 0.0671 e. The molecule has 0 aliphatic heterocycles. The summed E-state index contributed by atoms with van der Waals surface area (Å²) < 4.78 is 5.61. The summed E-state index contributed by atoms with van der Waals surface area (Å²) in [5.41, 5.74) is 4.10. The molecule has 80 valence electrons. The lowest BCUT2D eigenvalue weighted by atomic mass is 10.1. The molecule has 0 fully saturated rings. The molecule has 0 saturated heterocycles. The minimum absolute atomic E-state index is 0.668. The molecule has 2 rings (SSSR count). The Morgan fingerprint density at radius 1 is 1.33 bits per heavy atom. The molecule has 0 spiro atoms. The van der Waals surface area contributed by atoms with E-state index in [1.54, 1.807) is 0 Å². The molecule has 0 saturated carbocycles. The van der Waals surface area contributed by atoms with Gasteiger partial charge in [-0.05, 0) is 36.8 Å². The van der Waals surface area contributed by atoms with Crippen molar-refractivity contribution in [2.24, 2.45) is 5.92 Å². The van der Waals surface area contributed by atoms with Gasteiger partial charge in [-0.3, -0.25) is 0 Å². The monoisotopic (exact) mass is 202 g/mol. The highest BCUT2D eigenvalue weighted by atomic mass is 16.5. The summed E-state index contributed by atoms with van der Waals surface area (Å²) in [5, 5.41) is 0. The molecule has 1 nitrogen and oxygen atoms in total. The lowest BCUT2D eigenvalue weighted by molar-refractivity contribution is 0.121. The lowest BCUT2D eigenvalue weighted by Crippen LogP contribution is -2.10. The minimum Gasteiger partial charge on any atom is -0.377 e. The number of benzene rings is 1.